The van der Waals surface area contributed by atoms with Crippen LogP contribution >= 0.6 is 0 Å². The molecule has 13 nitrogen and oxygen atoms in total. The summed E-state index contributed by atoms with van der Waals surface area (Å²) < 4.78 is 59.2. The van der Waals surface area contributed by atoms with Crippen LogP contribution in [0.15, 0.2) is 0 Å². The van der Waals surface area contributed by atoms with E-state index in [-0.39, 0.29) is 12.6 Å². The molecule has 0 saturated heterocycles. The zero-order valence-corrected chi connectivity index (χ0v) is 24.9. The summed E-state index contributed by atoms with van der Waals surface area (Å²) in [6.07, 6.45) is 1.23. The Morgan fingerprint density at radius 3 is 0.925 bits per heavy atom. The minimum Gasteiger partial charge on any atom is -0.463 e. The van der Waals surface area contributed by atoms with Crippen LogP contribution in [0.2, 0.25) is 0 Å². The fourth-order valence-electron chi connectivity index (χ4n) is 2.75. The van der Waals surface area contributed by atoms with E-state index >= 15 is 0 Å². The van der Waals surface area contributed by atoms with Gasteiger partial charge in [0.15, 0.2) is 0 Å². The molecule has 0 atom stereocenters. The minimum absolute atomic E-state index is 0.187. The summed E-state index contributed by atoms with van der Waals surface area (Å²) >= 11 is 0. The lowest BCUT2D eigenvalue weighted by molar-refractivity contribution is -0.145. The highest BCUT2D eigenvalue weighted by Gasteiger charge is 2.00. The molecule has 0 unspecified atom stereocenters. The van der Waals surface area contributed by atoms with E-state index < -0.39 is 0 Å². The fraction of sp³-hybridized carbons (Fsp3) is 0.963. The molecule has 0 radical (unpaired) electrons. The first-order chi connectivity index (χ1) is 19.8. The Labute approximate surface area is 240 Å². The topological polar surface area (TPSA) is 131 Å². The molecule has 13 heteroatoms. The molecule has 0 aromatic rings. The van der Waals surface area contributed by atoms with Crippen LogP contribution in [0.3, 0.4) is 0 Å². The summed E-state index contributed by atoms with van der Waals surface area (Å²) in [4.78, 5) is 11.2. The van der Waals surface area contributed by atoms with Crippen molar-refractivity contribution in [2.45, 2.75) is 19.8 Å². The second-order valence-electron chi connectivity index (χ2n) is 8.20. The summed E-state index contributed by atoms with van der Waals surface area (Å²) in [6.45, 7) is 13.4. The molecule has 40 heavy (non-hydrogen) atoms. The molecule has 0 aromatic carbocycles. The lowest BCUT2D eigenvalue weighted by atomic mass is 10.3. The van der Waals surface area contributed by atoms with Gasteiger partial charge >= 0.3 is 5.97 Å². The second-order valence-corrected chi connectivity index (χ2v) is 8.20. The van der Waals surface area contributed by atoms with Gasteiger partial charge in [-0.25, -0.2) is 0 Å². The van der Waals surface area contributed by atoms with Crippen LogP contribution < -0.4 is 5.32 Å². The number of rotatable bonds is 35. The van der Waals surface area contributed by atoms with Gasteiger partial charge in [-0.05, 0) is 13.5 Å². The van der Waals surface area contributed by atoms with Gasteiger partial charge in [0, 0.05) is 13.0 Å². The van der Waals surface area contributed by atoms with Crippen molar-refractivity contribution in [2.75, 3.05) is 152 Å². The number of nitrogens with one attached hydrogen (secondary N) is 1. The van der Waals surface area contributed by atoms with E-state index in [4.69, 9.17) is 52.1 Å². The smallest absolute Gasteiger partial charge is 0.305 e. The number of esters is 1. The summed E-state index contributed by atoms with van der Waals surface area (Å²) in [5.41, 5.74) is 0. The molecule has 0 rings (SSSR count). The van der Waals surface area contributed by atoms with Crippen LogP contribution in [0, 0.1) is 0 Å². The number of hydrogen-bond acceptors (Lipinski definition) is 13. The summed E-state index contributed by atoms with van der Waals surface area (Å²) in [5, 5.41) is 3.02. The molecular formula is C27H55NO12. The van der Waals surface area contributed by atoms with E-state index in [0.717, 1.165) is 13.0 Å². The van der Waals surface area contributed by atoms with Gasteiger partial charge in [-0.1, -0.05) is 6.92 Å². The molecular weight excluding hydrogens is 530 g/mol. The Morgan fingerprint density at radius 1 is 0.425 bits per heavy atom. The zero-order chi connectivity index (χ0) is 29.0. The van der Waals surface area contributed by atoms with Crippen molar-refractivity contribution < 1.29 is 56.9 Å². The minimum atomic E-state index is -0.187. The Balaban J connectivity index is 3.04. The van der Waals surface area contributed by atoms with E-state index in [1.54, 1.807) is 0 Å². The standard InChI is InChI=1S/C27H55NO12/c1-3-4-27(29)40-26-25-39-24-23-38-22-21-37-20-19-36-18-17-35-16-15-34-14-13-33-12-11-32-10-9-31-8-7-30-6-5-28-2/h28H,3-26H2,1-2H3. The summed E-state index contributed by atoms with van der Waals surface area (Å²) in [6, 6.07) is 0. The molecule has 1 N–H and O–H groups in total. The van der Waals surface area contributed by atoms with Gasteiger partial charge in [0.25, 0.3) is 0 Å². The average Bonchev–Trinajstić information content (AvgIpc) is 2.95. The van der Waals surface area contributed by atoms with Crippen molar-refractivity contribution in [1.29, 1.82) is 0 Å². The van der Waals surface area contributed by atoms with E-state index in [1.165, 1.54) is 0 Å². The molecule has 240 valence electrons. The second kappa shape index (κ2) is 36.1. The predicted octanol–water partition coefficient (Wildman–Crippen LogP) is 0.715. The number of ether oxygens (including phenoxy) is 11. The molecule has 0 fully saturated rings. The van der Waals surface area contributed by atoms with Crippen LogP contribution in [0.25, 0.3) is 0 Å². The van der Waals surface area contributed by atoms with Crippen LogP contribution in [-0.4, -0.2) is 158 Å². The molecule has 0 saturated carbocycles. The third-order valence-electron chi connectivity index (χ3n) is 4.79. The van der Waals surface area contributed by atoms with Gasteiger partial charge in [-0.15, -0.1) is 0 Å². The highest BCUT2D eigenvalue weighted by molar-refractivity contribution is 5.69. The highest BCUT2D eigenvalue weighted by Crippen LogP contribution is 1.91. The van der Waals surface area contributed by atoms with Crippen molar-refractivity contribution >= 4 is 5.97 Å². The first kappa shape index (κ1) is 39.0. The van der Waals surface area contributed by atoms with Crippen LogP contribution in [0.5, 0.6) is 0 Å². The predicted molar refractivity (Wildman–Crippen MR) is 148 cm³/mol. The van der Waals surface area contributed by atoms with Gasteiger partial charge in [0.2, 0.25) is 0 Å². The Hall–Kier alpha value is -0.970. The Bertz CT molecular complexity index is 490. The average molecular weight is 586 g/mol. The number of carbonyl (C=O) groups is 1. The van der Waals surface area contributed by atoms with E-state index in [9.17, 15) is 4.79 Å². The molecule has 0 aromatic heterocycles. The monoisotopic (exact) mass is 585 g/mol. The van der Waals surface area contributed by atoms with Crippen LogP contribution in [0.4, 0.5) is 0 Å². The molecule has 0 aliphatic carbocycles. The van der Waals surface area contributed by atoms with E-state index in [1.807, 2.05) is 14.0 Å². The van der Waals surface area contributed by atoms with Gasteiger partial charge in [-0.2, -0.15) is 0 Å². The lowest BCUT2D eigenvalue weighted by Gasteiger charge is -2.09. The van der Waals surface area contributed by atoms with Gasteiger partial charge in [0.1, 0.15) is 6.61 Å². The summed E-state index contributed by atoms with van der Waals surface area (Å²) in [5.74, 6) is -0.187. The zero-order valence-electron chi connectivity index (χ0n) is 24.9. The maximum absolute atomic E-state index is 11.2. The number of likely N-dealkylation sites (N-methyl/N-ethyl adjacent to an activating group) is 1. The van der Waals surface area contributed by atoms with Crippen molar-refractivity contribution in [3.05, 3.63) is 0 Å². The normalized spacial score (nSPS) is 11.3. The SMILES string of the molecule is CCCC(=O)OCCOCCOCCOCCOCCOCCOCCOCCOCCOCCOCCNC. The van der Waals surface area contributed by atoms with Crippen molar-refractivity contribution in [2.24, 2.45) is 0 Å². The lowest BCUT2D eigenvalue weighted by Crippen LogP contribution is -2.17. The van der Waals surface area contributed by atoms with Crippen molar-refractivity contribution in [3.63, 3.8) is 0 Å². The summed E-state index contributed by atoms with van der Waals surface area (Å²) in [7, 11) is 1.89. The Kier molecular flexibility index (Phi) is 35.2. The van der Waals surface area contributed by atoms with Gasteiger partial charge in [0.05, 0.1) is 132 Å². The van der Waals surface area contributed by atoms with Gasteiger partial charge in [-0.3, -0.25) is 4.79 Å². The van der Waals surface area contributed by atoms with Crippen molar-refractivity contribution in [1.82, 2.24) is 5.32 Å². The number of carbonyl (C=O) groups excluding carboxylic acids is 1. The molecule has 0 spiro atoms. The molecule has 0 aliphatic rings. The first-order valence-electron chi connectivity index (χ1n) is 14.4. The molecule has 0 bridgehead atoms. The molecule has 0 aliphatic heterocycles. The maximum atomic E-state index is 11.2. The van der Waals surface area contributed by atoms with E-state index in [0.29, 0.717) is 139 Å². The molecule has 0 heterocycles. The van der Waals surface area contributed by atoms with Crippen LogP contribution in [-0.2, 0) is 56.9 Å². The first-order valence-corrected chi connectivity index (χ1v) is 14.4. The van der Waals surface area contributed by atoms with Crippen LogP contribution in [0.1, 0.15) is 19.8 Å². The largest absolute Gasteiger partial charge is 0.463 e. The maximum Gasteiger partial charge on any atom is 0.305 e. The fourth-order valence-corrected chi connectivity index (χ4v) is 2.75. The number of hydrogen-bond donors (Lipinski definition) is 1. The third kappa shape index (κ3) is 35.1. The third-order valence-corrected chi connectivity index (χ3v) is 4.79. The molecule has 0 amide bonds. The highest BCUT2D eigenvalue weighted by atomic mass is 16.6. The van der Waals surface area contributed by atoms with E-state index in [2.05, 4.69) is 5.32 Å². The Morgan fingerprint density at radius 2 is 0.675 bits per heavy atom. The van der Waals surface area contributed by atoms with Gasteiger partial charge < -0.3 is 57.4 Å². The quantitative estimate of drug-likeness (QED) is 0.0829. The van der Waals surface area contributed by atoms with Crippen molar-refractivity contribution in [3.8, 4) is 0 Å².